The molecule has 0 saturated carbocycles. The molecule has 0 spiro atoms. The molecule has 110 valence electrons. The lowest BCUT2D eigenvalue weighted by atomic mass is 9.78. The van der Waals surface area contributed by atoms with Gasteiger partial charge >= 0.3 is 0 Å². The quantitative estimate of drug-likeness (QED) is 0.881. The molecular formula is C18H16N2O2. The number of nitrogens with zero attached hydrogens (tertiary/aromatic N) is 1. The number of benzene rings is 2. The lowest BCUT2D eigenvalue weighted by Crippen LogP contribution is -2.38. The summed E-state index contributed by atoms with van der Waals surface area (Å²) in [6.45, 7) is 0. The van der Waals surface area contributed by atoms with Gasteiger partial charge in [-0.25, -0.2) is 4.99 Å². The van der Waals surface area contributed by atoms with E-state index < -0.39 is 17.7 Å². The van der Waals surface area contributed by atoms with E-state index in [2.05, 4.69) is 4.99 Å². The lowest BCUT2D eigenvalue weighted by molar-refractivity contribution is -0.132. The summed E-state index contributed by atoms with van der Waals surface area (Å²) in [4.78, 5) is 28.1. The fraction of sp³-hybridized carbons (Fsp3) is 0.167. The first-order chi connectivity index (χ1) is 10.7. The molecule has 2 aromatic carbocycles. The number of rotatable bonds is 3. The molecule has 0 aromatic heterocycles. The van der Waals surface area contributed by atoms with Crippen molar-refractivity contribution in [2.45, 2.75) is 12.3 Å². The van der Waals surface area contributed by atoms with E-state index in [4.69, 9.17) is 5.73 Å². The molecule has 1 heterocycles. The molecule has 2 unspecified atom stereocenters. The van der Waals surface area contributed by atoms with E-state index in [0.29, 0.717) is 12.1 Å². The van der Waals surface area contributed by atoms with Crippen LogP contribution in [0.25, 0.3) is 0 Å². The van der Waals surface area contributed by atoms with E-state index in [1.807, 2.05) is 60.7 Å². The molecule has 2 aromatic rings. The summed E-state index contributed by atoms with van der Waals surface area (Å²) in [5, 5.41) is 0. The van der Waals surface area contributed by atoms with E-state index in [0.717, 1.165) is 11.1 Å². The van der Waals surface area contributed by atoms with Crippen molar-refractivity contribution < 1.29 is 9.59 Å². The van der Waals surface area contributed by atoms with Crippen LogP contribution in [0.15, 0.2) is 65.7 Å². The minimum absolute atomic E-state index is 0.265. The molecule has 0 radical (unpaired) electrons. The molecule has 4 nitrogen and oxygen atoms in total. The second-order valence-electron chi connectivity index (χ2n) is 5.36. The molecule has 0 aliphatic carbocycles. The third-order valence-corrected chi connectivity index (χ3v) is 3.97. The van der Waals surface area contributed by atoms with E-state index in [-0.39, 0.29) is 5.92 Å². The summed E-state index contributed by atoms with van der Waals surface area (Å²) in [6.07, 6.45) is 0.521. The fourth-order valence-electron chi connectivity index (χ4n) is 2.89. The van der Waals surface area contributed by atoms with Gasteiger partial charge in [-0.15, -0.1) is 0 Å². The average molecular weight is 292 g/mol. The van der Waals surface area contributed by atoms with Gasteiger partial charge in [0.2, 0.25) is 5.91 Å². The van der Waals surface area contributed by atoms with Crippen molar-refractivity contribution in [3.63, 3.8) is 0 Å². The number of primary amides is 1. The second-order valence-corrected chi connectivity index (χ2v) is 5.36. The molecule has 0 bridgehead atoms. The van der Waals surface area contributed by atoms with Gasteiger partial charge in [0.15, 0.2) is 0 Å². The van der Waals surface area contributed by atoms with Crippen LogP contribution < -0.4 is 5.73 Å². The van der Waals surface area contributed by atoms with Gasteiger partial charge in [0.25, 0.3) is 5.91 Å². The number of carbonyl (C=O) groups excluding carboxylic acids is 2. The van der Waals surface area contributed by atoms with Crippen LogP contribution in [0.2, 0.25) is 0 Å². The SMILES string of the molecule is NC(=O)C1C(=O)N=C(c2ccccc2)CC1c1ccccc1. The summed E-state index contributed by atoms with van der Waals surface area (Å²) in [7, 11) is 0. The maximum Gasteiger partial charge on any atom is 0.259 e. The highest BCUT2D eigenvalue weighted by Gasteiger charge is 2.38. The number of hydrogen-bond donors (Lipinski definition) is 1. The monoisotopic (exact) mass is 292 g/mol. The van der Waals surface area contributed by atoms with Crippen molar-refractivity contribution in [1.29, 1.82) is 0 Å². The standard InChI is InChI=1S/C18H16N2O2/c19-17(21)16-14(12-7-3-1-4-8-12)11-15(20-18(16)22)13-9-5-2-6-10-13/h1-10,14,16H,11H2,(H2,19,21). The van der Waals surface area contributed by atoms with Gasteiger partial charge in [-0.2, -0.15) is 0 Å². The first-order valence-electron chi connectivity index (χ1n) is 7.18. The van der Waals surface area contributed by atoms with Crippen LogP contribution in [0.3, 0.4) is 0 Å². The topological polar surface area (TPSA) is 72.5 Å². The highest BCUT2D eigenvalue weighted by atomic mass is 16.2. The maximum atomic E-state index is 12.3. The third kappa shape index (κ3) is 2.68. The van der Waals surface area contributed by atoms with Crippen molar-refractivity contribution in [1.82, 2.24) is 0 Å². The van der Waals surface area contributed by atoms with Crippen molar-refractivity contribution in [3.05, 3.63) is 71.8 Å². The van der Waals surface area contributed by atoms with E-state index >= 15 is 0 Å². The predicted molar refractivity (Wildman–Crippen MR) is 84.5 cm³/mol. The summed E-state index contributed by atoms with van der Waals surface area (Å²) in [5.41, 5.74) is 7.98. The Hall–Kier alpha value is -2.75. The highest BCUT2D eigenvalue weighted by molar-refractivity contribution is 6.14. The Labute approximate surface area is 128 Å². The number of aliphatic imine (C=N–C) groups is 1. The molecule has 0 fully saturated rings. The Morgan fingerprint density at radius 1 is 1.00 bits per heavy atom. The largest absolute Gasteiger partial charge is 0.369 e. The first-order valence-corrected chi connectivity index (χ1v) is 7.18. The molecule has 2 atom stereocenters. The van der Waals surface area contributed by atoms with Crippen LogP contribution in [-0.4, -0.2) is 17.5 Å². The average Bonchev–Trinajstić information content (AvgIpc) is 2.55. The number of nitrogens with two attached hydrogens (primary N) is 1. The van der Waals surface area contributed by atoms with Crippen LogP contribution in [0.1, 0.15) is 23.5 Å². The Morgan fingerprint density at radius 3 is 2.18 bits per heavy atom. The number of amides is 2. The van der Waals surface area contributed by atoms with Gasteiger partial charge in [0.1, 0.15) is 5.92 Å². The molecule has 3 rings (SSSR count). The Bertz CT molecular complexity index is 723. The predicted octanol–water partition coefficient (Wildman–Crippen LogP) is 2.29. The van der Waals surface area contributed by atoms with Gasteiger partial charge in [0, 0.05) is 5.92 Å². The zero-order chi connectivity index (χ0) is 15.5. The highest BCUT2D eigenvalue weighted by Crippen LogP contribution is 2.34. The van der Waals surface area contributed by atoms with Gasteiger partial charge in [0.05, 0.1) is 5.71 Å². The van der Waals surface area contributed by atoms with E-state index in [1.54, 1.807) is 0 Å². The smallest absolute Gasteiger partial charge is 0.259 e. The Morgan fingerprint density at radius 2 is 1.59 bits per heavy atom. The molecule has 22 heavy (non-hydrogen) atoms. The van der Waals surface area contributed by atoms with E-state index in [1.165, 1.54) is 0 Å². The van der Waals surface area contributed by atoms with Crippen molar-refractivity contribution in [2.75, 3.05) is 0 Å². The van der Waals surface area contributed by atoms with Crippen LogP contribution in [0.4, 0.5) is 0 Å². The zero-order valence-corrected chi connectivity index (χ0v) is 12.0. The normalized spacial score (nSPS) is 21.3. The van der Waals surface area contributed by atoms with Gasteiger partial charge in [-0.05, 0) is 17.5 Å². The van der Waals surface area contributed by atoms with Crippen molar-refractivity contribution in [2.24, 2.45) is 16.6 Å². The molecule has 1 aliphatic rings. The van der Waals surface area contributed by atoms with Crippen LogP contribution in [0, 0.1) is 5.92 Å². The first kappa shape index (κ1) is 14.2. The van der Waals surface area contributed by atoms with Crippen LogP contribution in [-0.2, 0) is 9.59 Å². The molecule has 0 saturated heterocycles. The lowest BCUT2D eigenvalue weighted by Gasteiger charge is -2.27. The molecular weight excluding hydrogens is 276 g/mol. The fourth-order valence-corrected chi connectivity index (χ4v) is 2.89. The van der Waals surface area contributed by atoms with Crippen molar-refractivity contribution >= 4 is 17.5 Å². The Kier molecular flexibility index (Phi) is 3.83. The Balaban J connectivity index is 2.03. The third-order valence-electron chi connectivity index (χ3n) is 3.97. The van der Waals surface area contributed by atoms with Gasteiger partial charge in [-0.1, -0.05) is 60.7 Å². The minimum atomic E-state index is -0.894. The molecule has 2 amide bonds. The van der Waals surface area contributed by atoms with Crippen LogP contribution in [0.5, 0.6) is 0 Å². The summed E-state index contributed by atoms with van der Waals surface area (Å²) in [6, 6.07) is 19.1. The summed E-state index contributed by atoms with van der Waals surface area (Å²) in [5.74, 6) is -2.23. The number of hydrogen-bond acceptors (Lipinski definition) is 2. The summed E-state index contributed by atoms with van der Waals surface area (Å²) < 4.78 is 0. The van der Waals surface area contributed by atoms with Crippen LogP contribution >= 0.6 is 0 Å². The summed E-state index contributed by atoms with van der Waals surface area (Å²) >= 11 is 0. The maximum absolute atomic E-state index is 12.3. The van der Waals surface area contributed by atoms with E-state index in [9.17, 15) is 9.59 Å². The molecule has 4 heteroatoms. The van der Waals surface area contributed by atoms with Gasteiger partial charge < -0.3 is 5.73 Å². The molecule has 2 N–H and O–H groups in total. The molecule has 1 aliphatic heterocycles. The second kappa shape index (κ2) is 5.93. The zero-order valence-electron chi connectivity index (χ0n) is 12.0. The van der Waals surface area contributed by atoms with Crippen molar-refractivity contribution in [3.8, 4) is 0 Å². The van der Waals surface area contributed by atoms with Gasteiger partial charge in [-0.3, -0.25) is 9.59 Å². The minimum Gasteiger partial charge on any atom is -0.369 e. The number of carbonyl (C=O) groups is 2.